The first-order valence-corrected chi connectivity index (χ1v) is 7.62. The van der Waals surface area contributed by atoms with Gasteiger partial charge in [-0.05, 0) is 24.3 Å². The number of imidazole rings is 1. The summed E-state index contributed by atoms with van der Waals surface area (Å²) in [6.45, 7) is 1.69. The van der Waals surface area contributed by atoms with Gasteiger partial charge in [-0.15, -0.1) is 0 Å². The molecule has 1 aliphatic rings. The van der Waals surface area contributed by atoms with E-state index in [1.807, 2.05) is 0 Å². The third-order valence-corrected chi connectivity index (χ3v) is 4.01. The van der Waals surface area contributed by atoms with Gasteiger partial charge < -0.3 is 9.72 Å². The Kier molecular flexibility index (Phi) is 3.74. The van der Waals surface area contributed by atoms with Crippen molar-refractivity contribution >= 4 is 0 Å². The van der Waals surface area contributed by atoms with E-state index in [1.165, 1.54) is 24.3 Å². The Labute approximate surface area is 137 Å². The molecule has 0 amide bonds. The van der Waals surface area contributed by atoms with Crippen molar-refractivity contribution in [2.75, 3.05) is 0 Å². The quantitative estimate of drug-likeness (QED) is 0.773. The third-order valence-electron chi connectivity index (χ3n) is 4.01. The maximum atomic E-state index is 13.6. The second-order valence-electron chi connectivity index (χ2n) is 5.83. The van der Waals surface area contributed by atoms with Crippen LogP contribution < -0.4 is 4.74 Å². The van der Waals surface area contributed by atoms with Gasteiger partial charge in [0.15, 0.2) is 0 Å². The topological polar surface area (TPSA) is 41.2 Å². The average molecular weight is 327 g/mol. The van der Waals surface area contributed by atoms with Crippen molar-refractivity contribution in [1.29, 1.82) is 0 Å². The Hall–Kier alpha value is -2.73. The summed E-state index contributed by atoms with van der Waals surface area (Å²) in [5.41, 5.74) is 2.56. The van der Waals surface area contributed by atoms with Crippen LogP contribution in [0.5, 0.6) is 11.5 Å². The van der Waals surface area contributed by atoms with E-state index in [9.17, 15) is 8.78 Å². The van der Waals surface area contributed by atoms with Crippen LogP contribution >= 0.6 is 0 Å². The summed E-state index contributed by atoms with van der Waals surface area (Å²) < 4.78 is 33.1. The lowest BCUT2D eigenvalue weighted by Crippen LogP contribution is -2.24. The molecule has 1 aliphatic heterocycles. The van der Waals surface area contributed by atoms with E-state index in [0.29, 0.717) is 31.1 Å². The first-order valence-electron chi connectivity index (χ1n) is 7.62. The fraction of sp³-hybridized carbons (Fsp3) is 0.167. The van der Waals surface area contributed by atoms with Crippen molar-refractivity contribution in [3.63, 3.8) is 0 Å². The standard InChI is InChI=1S/C18H15F2N3O/c19-14-3-4-17-13(5-14)9-23(10-16-7-21-11-22-16)8-12-1-2-15(20)6-18(12)24-17/h1-7,11H,8-10H2,(H,21,22). The highest BCUT2D eigenvalue weighted by molar-refractivity contribution is 5.43. The van der Waals surface area contributed by atoms with E-state index in [1.54, 1.807) is 24.7 Å². The first-order chi connectivity index (χ1) is 11.7. The number of nitrogens with zero attached hydrogens (tertiary/aromatic N) is 2. The van der Waals surface area contributed by atoms with Gasteiger partial charge in [0, 0.05) is 48.7 Å². The molecular weight excluding hydrogens is 312 g/mol. The van der Waals surface area contributed by atoms with Crippen molar-refractivity contribution in [2.24, 2.45) is 0 Å². The molecule has 1 N–H and O–H groups in total. The maximum absolute atomic E-state index is 13.6. The molecule has 6 heteroatoms. The minimum atomic E-state index is -0.363. The van der Waals surface area contributed by atoms with Crippen molar-refractivity contribution in [2.45, 2.75) is 19.6 Å². The lowest BCUT2D eigenvalue weighted by Gasteiger charge is -2.27. The number of benzene rings is 2. The van der Waals surface area contributed by atoms with Gasteiger partial charge in [0.25, 0.3) is 0 Å². The van der Waals surface area contributed by atoms with E-state index in [2.05, 4.69) is 14.9 Å². The Morgan fingerprint density at radius 2 is 1.79 bits per heavy atom. The number of hydrogen-bond donors (Lipinski definition) is 1. The number of ether oxygens (including phenoxy) is 1. The zero-order valence-corrected chi connectivity index (χ0v) is 12.8. The third kappa shape index (κ3) is 3.00. The lowest BCUT2D eigenvalue weighted by atomic mass is 10.1. The number of fused-ring (bicyclic) bond motifs is 2. The smallest absolute Gasteiger partial charge is 0.134 e. The molecule has 0 aliphatic carbocycles. The van der Waals surface area contributed by atoms with E-state index in [-0.39, 0.29) is 11.6 Å². The molecule has 0 spiro atoms. The molecule has 24 heavy (non-hydrogen) atoms. The normalized spacial score (nSPS) is 14.2. The largest absolute Gasteiger partial charge is 0.457 e. The molecule has 2 aromatic carbocycles. The van der Waals surface area contributed by atoms with Crippen LogP contribution in [0.15, 0.2) is 48.9 Å². The van der Waals surface area contributed by atoms with Crippen LogP contribution in [-0.4, -0.2) is 14.9 Å². The van der Waals surface area contributed by atoms with Gasteiger partial charge in [-0.3, -0.25) is 4.90 Å². The molecule has 0 saturated heterocycles. The molecule has 4 rings (SSSR count). The zero-order chi connectivity index (χ0) is 16.5. The average Bonchev–Trinajstić information content (AvgIpc) is 3.04. The van der Waals surface area contributed by atoms with E-state index >= 15 is 0 Å². The number of nitrogens with one attached hydrogen (secondary N) is 1. The van der Waals surface area contributed by atoms with Gasteiger partial charge in [-0.1, -0.05) is 6.07 Å². The number of rotatable bonds is 2. The Bertz CT molecular complexity index is 865. The Balaban J connectivity index is 1.75. The SMILES string of the molecule is Fc1ccc2c(c1)CN(Cc1cnc[nH]1)Cc1ccc(F)cc1O2. The summed E-state index contributed by atoms with van der Waals surface area (Å²) in [5.74, 6) is 0.312. The van der Waals surface area contributed by atoms with Crippen LogP contribution in [0.25, 0.3) is 0 Å². The molecule has 2 heterocycles. The van der Waals surface area contributed by atoms with Crippen molar-refractivity contribution in [1.82, 2.24) is 14.9 Å². The van der Waals surface area contributed by atoms with Gasteiger partial charge in [0.05, 0.1) is 6.33 Å². The van der Waals surface area contributed by atoms with Crippen LogP contribution in [0, 0.1) is 11.6 Å². The monoisotopic (exact) mass is 327 g/mol. The highest BCUT2D eigenvalue weighted by Gasteiger charge is 2.20. The summed E-state index contributed by atoms with van der Waals surface area (Å²) in [5, 5.41) is 0. The van der Waals surface area contributed by atoms with Crippen molar-refractivity contribution in [3.05, 3.63) is 77.4 Å². The minimum Gasteiger partial charge on any atom is -0.457 e. The van der Waals surface area contributed by atoms with Crippen LogP contribution in [-0.2, 0) is 19.6 Å². The van der Waals surface area contributed by atoms with Crippen LogP contribution in [0.3, 0.4) is 0 Å². The molecule has 0 unspecified atom stereocenters. The Morgan fingerprint density at radius 3 is 2.62 bits per heavy atom. The summed E-state index contributed by atoms with van der Waals surface area (Å²) >= 11 is 0. The number of hydrogen-bond acceptors (Lipinski definition) is 3. The van der Waals surface area contributed by atoms with Crippen molar-refractivity contribution in [3.8, 4) is 11.5 Å². The molecule has 0 saturated carbocycles. The Morgan fingerprint density at radius 1 is 1.00 bits per heavy atom. The van der Waals surface area contributed by atoms with E-state index < -0.39 is 0 Å². The second-order valence-corrected chi connectivity index (χ2v) is 5.83. The predicted octanol–water partition coefficient (Wildman–Crippen LogP) is 4.00. The molecule has 1 aromatic heterocycles. The van der Waals surface area contributed by atoms with E-state index in [0.717, 1.165) is 16.8 Å². The van der Waals surface area contributed by atoms with Crippen LogP contribution in [0.4, 0.5) is 8.78 Å². The summed E-state index contributed by atoms with van der Waals surface area (Å²) in [6.07, 6.45) is 3.38. The lowest BCUT2D eigenvalue weighted by molar-refractivity contribution is 0.232. The maximum Gasteiger partial charge on any atom is 0.134 e. The first kappa shape index (κ1) is 14.8. The second kappa shape index (κ2) is 6.05. The number of H-pyrrole nitrogens is 1. The minimum absolute atomic E-state index is 0.320. The molecule has 0 atom stereocenters. The highest BCUT2D eigenvalue weighted by atomic mass is 19.1. The van der Waals surface area contributed by atoms with E-state index in [4.69, 9.17) is 4.74 Å². The summed E-state index contributed by atoms with van der Waals surface area (Å²) in [4.78, 5) is 9.23. The molecule has 0 fully saturated rings. The summed E-state index contributed by atoms with van der Waals surface area (Å²) in [6, 6.07) is 8.89. The van der Waals surface area contributed by atoms with Gasteiger partial charge in [-0.2, -0.15) is 0 Å². The fourth-order valence-electron chi connectivity index (χ4n) is 2.91. The van der Waals surface area contributed by atoms with Gasteiger partial charge in [0.2, 0.25) is 0 Å². The number of halogens is 2. The van der Waals surface area contributed by atoms with Gasteiger partial charge >= 0.3 is 0 Å². The number of aromatic nitrogens is 2. The van der Waals surface area contributed by atoms with Crippen LogP contribution in [0.1, 0.15) is 16.8 Å². The molecule has 0 radical (unpaired) electrons. The molecule has 0 bridgehead atoms. The predicted molar refractivity (Wildman–Crippen MR) is 84.4 cm³/mol. The van der Waals surface area contributed by atoms with Gasteiger partial charge in [0.1, 0.15) is 23.1 Å². The highest BCUT2D eigenvalue weighted by Crippen LogP contribution is 2.34. The molecule has 4 nitrogen and oxygen atoms in total. The van der Waals surface area contributed by atoms with Crippen LogP contribution in [0.2, 0.25) is 0 Å². The fourth-order valence-corrected chi connectivity index (χ4v) is 2.91. The molecule has 3 aromatic rings. The molecule has 122 valence electrons. The number of aromatic amines is 1. The van der Waals surface area contributed by atoms with Crippen molar-refractivity contribution < 1.29 is 13.5 Å². The van der Waals surface area contributed by atoms with Gasteiger partial charge in [-0.25, -0.2) is 13.8 Å². The summed E-state index contributed by atoms with van der Waals surface area (Å²) in [7, 11) is 0. The zero-order valence-electron chi connectivity index (χ0n) is 12.8. The molecular formula is C18H15F2N3O.